The zero-order valence-corrected chi connectivity index (χ0v) is 13.9. The summed E-state index contributed by atoms with van der Waals surface area (Å²) in [5.74, 6) is 0.308. The summed E-state index contributed by atoms with van der Waals surface area (Å²) in [6.07, 6.45) is 0. The molecule has 1 N–H and O–H groups in total. The molecule has 0 spiro atoms. The Morgan fingerprint density at radius 3 is 2.43 bits per heavy atom. The van der Waals surface area contributed by atoms with E-state index in [9.17, 15) is 4.39 Å². The minimum Gasteiger partial charge on any atom is -0.496 e. The van der Waals surface area contributed by atoms with Crippen LogP contribution >= 0.6 is 15.9 Å². The molecule has 0 aromatic heterocycles. The number of methoxy groups -OCH3 is 1. The molecule has 0 bridgehead atoms. The van der Waals surface area contributed by atoms with Crippen LogP contribution in [0.25, 0.3) is 0 Å². The van der Waals surface area contributed by atoms with Crippen LogP contribution in [-0.2, 0) is 0 Å². The first-order valence-corrected chi connectivity index (χ1v) is 7.66. The normalized spacial score (nSPS) is 13.8. The van der Waals surface area contributed by atoms with Crippen molar-refractivity contribution >= 4 is 15.9 Å². The fraction of sp³-hybridized carbons (Fsp3) is 0.294. The van der Waals surface area contributed by atoms with E-state index in [0.29, 0.717) is 11.3 Å². The third-order valence-electron chi connectivity index (χ3n) is 3.54. The summed E-state index contributed by atoms with van der Waals surface area (Å²) >= 11 is 3.55. The van der Waals surface area contributed by atoms with Gasteiger partial charge < -0.3 is 10.1 Å². The molecule has 2 aromatic rings. The topological polar surface area (TPSA) is 21.3 Å². The standard InChI is InChI=1S/C17H19BrFNO/c1-11(13-7-4-5-8-14(13)18)20-12(2)17-15(19)9-6-10-16(17)21-3/h4-12,20H,1-3H3/t11-,12?/m0/s1. The molecule has 112 valence electrons. The van der Waals surface area contributed by atoms with Crippen molar-refractivity contribution in [2.24, 2.45) is 0 Å². The fourth-order valence-electron chi connectivity index (χ4n) is 2.49. The van der Waals surface area contributed by atoms with Gasteiger partial charge in [-0.05, 0) is 37.6 Å². The predicted octanol–water partition coefficient (Wildman–Crippen LogP) is 5.01. The molecule has 0 fully saturated rings. The van der Waals surface area contributed by atoms with Crippen molar-refractivity contribution in [3.63, 3.8) is 0 Å². The molecule has 0 saturated carbocycles. The molecule has 4 heteroatoms. The lowest BCUT2D eigenvalue weighted by Gasteiger charge is -2.23. The van der Waals surface area contributed by atoms with Crippen molar-refractivity contribution in [2.45, 2.75) is 25.9 Å². The first kappa shape index (κ1) is 16.0. The van der Waals surface area contributed by atoms with Gasteiger partial charge in [-0.3, -0.25) is 0 Å². The summed E-state index contributed by atoms with van der Waals surface area (Å²) in [4.78, 5) is 0. The van der Waals surface area contributed by atoms with Gasteiger partial charge in [0.15, 0.2) is 0 Å². The summed E-state index contributed by atoms with van der Waals surface area (Å²) in [5.41, 5.74) is 1.69. The lowest BCUT2D eigenvalue weighted by atomic mass is 10.0. The maximum absolute atomic E-state index is 14.1. The Kier molecular flexibility index (Phi) is 5.37. The number of halogens is 2. The van der Waals surface area contributed by atoms with Crippen molar-refractivity contribution < 1.29 is 9.13 Å². The SMILES string of the molecule is COc1cccc(F)c1C(C)N[C@@H](C)c1ccccc1Br. The molecule has 0 saturated heterocycles. The van der Waals surface area contributed by atoms with Crippen molar-refractivity contribution in [2.75, 3.05) is 7.11 Å². The van der Waals surface area contributed by atoms with Gasteiger partial charge in [-0.2, -0.15) is 0 Å². The van der Waals surface area contributed by atoms with E-state index in [4.69, 9.17) is 4.74 Å². The summed E-state index contributed by atoms with van der Waals surface area (Å²) < 4.78 is 20.4. The largest absolute Gasteiger partial charge is 0.496 e. The van der Waals surface area contributed by atoms with Crippen LogP contribution in [0.2, 0.25) is 0 Å². The third kappa shape index (κ3) is 3.63. The van der Waals surface area contributed by atoms with E-state index in [1.165, 1.54) is 6.07 Å². The first-order chi connectivity index (χ1) is 10.0. The van der Waals surface area contributed by atoms with Crippen LogP contribution in [0.15, 0.2) is 46.9 Å². The van der Waals surface area contributed by atoms with Crippen LogP contribution < -0.4 is 10.1 Å². The fourth-order valence-corrected chi connectivity index (χ4v) is 3.12. The second-order valence-corrected chi connectivity index (χ2v) is 5.84. The van der Waals surface area contributed by atoms with Gasteiger partial charge in [-0.15, -0.1) is 0 Å². The van der Waals surface area contributed by atoms with Gasteiger partial charge in [0.1, 0.15) is 11.6 Å². The van der Waals surface area contributed by atoms with E-state index in [1.807, 2.05) is 31.2 Å². The van der Waals surface area contributed by atoms with Crippen LogP contribution in [-0.4, -0.2) is 7.11 Å². The molecular weight excluding hydrogens is 333 g/mol. The molecule has 0 heterocycles. The van der Waals surface area contributed by atoms with Gasteiger partial charge in [0.2, 0.25) is 0 Å². The maximum Gasteiger partial charge on any atom is 0.131 e. The molecule has 2 atom stereocenters. The highest BCUT2D eigenvalue weighted by atomic mass is 79.9. The van der Waals surface area contributed by atoms with Gasteiger partial charge in [0.25, 0.3) is 0 Å². The molecule has 0 aliphatic rings. The Morgan fingerprint density at radius 2 is 1.76 bits per heavy atom. The Balaban J connectivity index is 2.22. The molecular formula is C17H19BrFNO. The number of hydrogen-bond donors (Lipinski definition) is 1. The second kappa shape index (κ2) is 7.05. The highest BCUT2D eigenvalue weighted by Gasteiger charge is 2.19. The predicted molar refractivity (Wildman–Crippen MR) is 87.1 cm³/mol. The zero-order chi connectivity index (χ0) is 15.4. The van der Waals surface area contributed by atoms with Crippen LogP contribution in [0.5, 0.6) is 5.75 Å². The minimum absolute atomic E-state index is 0.0832. The first-order valence-electron chi connectivity index (χ1n) is 6.87. The molecule has 0 radical (unpaired) electrons. The zero-order valence-electron chi connectivity index (χ0n) is 12.4. The number of nitrogens with one attached hydrogen (secondary N) is 1. The highest BCUT2D eigenvalue weighted by Crippen LogP contribution is 2.31. The minimum atomic E-state index is -0.256. The number of ether oxygens (including phenoxy) is 1. The summed E-state index contributed by atoms with van der Waals surface area (Å²) in [6, 6.07) is 12.8. The average molecular weight is 352 g/mol. The van der Waals surface area contributed by atoms with Gasteiger partial charge in [-0.1, -0.05) is 40.2 Å². The van der Waals surface area contributed by atoms with Crippen LogP contribution in [0.4, 0.5) is 4.39 Å². The van der Waals surface area contributed by atoms with Crippen molar-refractivity contribution in [3.05, 3.63) is 63.9 Å². The van der Waals surface area contributed by atoms with Crippen LogP contribution in [0, 0.1) is 5.82 Å². The molecule has 2 aromatic carbocycles. The van der Waals surface area contributed by atoms with Crippen molar-refractivity contribution in [1.29, 1.82) is 0 Å². The Bertz CT molecular complexity index is 617. The van der Waals surface area contributed by atoms with Gasteiger partial charge >= 0.3 is 0 Å². The van der Waals surface area contributed by atoms with E-state index in [2.05, 4.69) is 28.2 Å². The third-order valence-corrected chi connectivity index (χ3v) is 4.26. The molecule has 2 rings (SSSR count). The summed E-state index contributed by atoms with van der Waals surface area (Å²) in [7, 11) is 1.56. The van der Waals surface area contributed by atoms with Crippen LogP contribution in [0.3, 0.4) is 0 Å². The Hall–Kier alpha value is -1.39. The van der Waals surface area contributed by atoms with Crippen LogP contribution in [0.1, 0.15) is 37.1 Å². The maximum atomic E-state index is 14.1. The average Bonchev–Trinajstić information content (AvgIpc) is 2.46. The highest BCUT2D eigenvalue weighted by molar-refractivity contribution is 9.10. The van der Waals surface area contributed by atoms with E-state index < -0.39 is 0 Å². The van der Waals surface area contributed by atoms with Crippen molar-refractivity contribution in [1.82, 2.24) is 5.32 Å². The summed E-state index contributed by atoms with van der Waals surface area (Å²) in [6.45, 7) is 4.00. The molecule has 0 aliphatic heterocycles. The van der Waals surface area contributed by atoms with Crippen molar-refractivity contribution in [3.8, 4) is 5.75 Å². The lowest BCUT2D eigenvalue weighted by molar-refractivity contribution is 0.387. The monoisotopic (exact) mass is 351 g/mol. The van der Waals surface area contributed by atoms with E-state index in [-0.39, 0.29) is 17.9 Å². The smallest absolute Gasteiger partial charge is 0.131 e. The lowest BCUT2D eigenvalue weighted by Crippen LogP contribution is -2.24. The van der Waals surface area contributed by atoms with Gasteiger partial charge in [-0.25, -0.2) is 4.39 Å². The van der Waals surface area contributed by atoms with E-state index in [1.54, 1.807) is 19.2 Å². The molecule has 21 heavy (non-hydrogen) atoms. The number of hydrogen-bond acceptors (Lipinski definition) is 2. The summed E-state index contributed by atoms with van der Waals surface area (Å²) in [5, 5.41) is 3.42. The molecule has 1 unspecified atom stereocenters. The van der Waals surface area contributed by atoms with E-state index in [0.717, 1.165) is 10.0 Å². The quantitative estimate of drug-likeness (QED) is 0.817. The van der Waals surface area contributed by atoms with Gasteiger partial charge in [0.05, 0.1) is 7.11 Å². The Labute approximate surface area is 133 Å². The number of benzene rings is 2. The van der Waals surface area contributed by atoms with Gasteiger partial charge in [0, 0.05) is 22.1 Å². The second-order valence-electron chi connectivity index (χ2n) is 4.99. The molecule has 0 amide bonds. The Morgan fingerprint density at radius 1 is 1.05 bits per heavy atom. The number of rotatable bonds is 5. The molecule has 2 nitrogen and oxygen atoms in total. The van der Waals surface area contributed by atoms with E-state index >= 15 is 0 Å². The molecule has 0 aliphatic carbocycles.